The van der Waals surface area contributed by atoms with Gasteiger partial charge in [0.15, 0.2) is 6.29 Å². The molecule has 0 saturated carbocycles. The van der Waals surface area contributed by atoms with Crippen molar-refractivity contribution < 1.29 is 49.3 Å². The Morgan fingerprint density at radius 3 is 1.37 bits per heavy atom. The number of rotatable bonds is 55. The number of carbonyl (C=O) groups excluding carboxylic acids is 2. The average Bonchev–Trinajstić information content (AvgIpc) is 3.42. The molecule has 7 atom stereocenters. The van der Waals surface area contributed by atoms with Crippen molar-refractivity contribution in [3.8, 4) is 0 Å². The van der Waals surface area contributed by atoms with Crippen molar-refractivity contribution in [2.24, 2.45) is 0 Å². The first kappa shape index (κ1) is 71.6. The fourth-order valence-electron chi connectivity index (χ4n) is 9.81. The lowest BCUT2D eigenvalue weighted by Gasteiger charge is -2.40. The SMILES string of the molecule is CCCCC/C=C\C/C=C\CCCCCCCCCC(=O)OCCCCCCCCCCCCC/C=C\CCCCCCCCCC(=O)NC(COC1OC(CO)C(O)C(O)C1O)C(O)/C=C/CCCCCCCCC. The molecule has 1 heterocycles. The molecule has 0 aromatic rings. The largest absolute Gasteiger partial charge is 0.466 e. The monoisotopic (exact) mass is 1070 g/mol. The van der Waals surface area contributed by atoms with Crippen LogP contribution in [0.25, 0.3) is 0 Å². The van der Waals surface area contributed by atoms with Crippen molar-refractivity contribution in [3.05, 3.63) is 48.6 Å². The maximum absolute atomic E-state index is 13.0. The van der Waals surface area contributed by atoms with Crippen molar-refractivity contribution in [2.75, 3.05) is 19.8 Å². The molecule has 6 N–H and O–H groups in total. The van der Waals surface area contributed by atoms with Crippen LogP contribution in [0.1, 0.15) is 290 Å². The molecule has 444 valence electrons. The van der Waals surface area contributed by atoms with E-state index in [0.717, 1.165) is 83.5 Å². The molecule has 1 amide bonds. The minimum Gasteiger partial charge on any atom is -0.466 e. The average molecular weight is 1070 g/mol. The second-order valence-electron chi connectivity index (χ2n) is 22.1. The van der Waals surface area contributed by atoms with Crippen LogP contribution in [0.4, 0.5) is 0 Å². The van der Waals surface area contributed by atoms with Gasteiger partial charge in [-0.1, -0.05) is 236 Å². The number of aliphatic hydroxyl groups is 5. The van der Waals surface area contributed by atoms with Crippen molar-refractivity contribution in [3.63, 3.8) is 0 Å². The second-order valence-corrected chi connectivity index (χ2v) is 22.1. The normalized spacial score (nSPS) is 19.0. The molecule has 0 aliphatic carbocycles. The van der Waals surface area contributed by atoms with E-state index in [2.05, 4.69) is 55.6 Å². The molecule has 11 nitrogen and oxygen atoms in total. The Labute approximate surface area is 466 Å². The molecule has 1 fully saturated rings. The molecule has 1 aliphatic heterocycles. The van der Waals surface area contributed by atoms with Crippen molar-refractivity contribution in [1.82, 2.24) is 5.32 Å². The molecule has 0 aromatic heterocycles. The summed E-state index contributed by atoms with van der Waals surface area (Å²) in [6.07, 6.45) is 59.4. The summed E-state index contributed by atoms with van der Waals surface area (Å²) in [5, 5.41) is 54.2. The van der Waals surface area contributed by atoms with E-state index in [0.29, 0.717) is 19.4 Å². The predicted octanol–water partition coefficient (Wildman–Crippen LogP) is 15.2. The van der Waals surface area contributed by atoms with E-state index in [1.54, 1.807) is 6.08 Å². The Bertz CT molecular complexity index is 1400. The third kappa shape index (κ3) is 43.5. The standard InChI is InChI=1S/C65H119NO10/c1-3-5-7-9-11-13-14-15-16-23-27-30-33-37-41-45-49-53-61(70)74-54-50-46-42-38-34-31-28-25-22-20-18-17-19-21-24-26-29-32-36-40-44-48-52-60(69)66-57(58(68)51-47-43-39-35-12-10-8-6-4-2)56-75-65-64(73)63(72)62(71)59(55-67)76-65/h11,13,15-16,19,21,47,51,57-59,62-65,67-68,71-73H,3-10,12,14,17-18,20,22-46,48-50,52-56H2,1-2H3,(H,66,69)/b13-11-,16-15-,21-19-,51-47+. The van der Waals surface area contributed by atoms with Gasteiger partial charge in [-0.2, -0.15) is 0 Å². The van der Waals surface area contributed by atoms with Crippen LogP contribution in [0.3, 0.4) is 0 Å². The first-order valence-corrected chi connectivity index (χ1v) is 31.9. The molecule has 7 unspecified atom stereocenters. The van der Waals surface area contributed by atoms with Gasteiger partial charge in [0.1, 0.15) is 24.4 Å². The summed E-state index contributed by atoms with van der Waals surface area (Å²) in [5.41, 5.74) is 0. The molecule has 0 spiro atoms. The molecule has 0 bridgehead atoms. The Hall–Kier alpha value is -2.38. The van der Waals surface area contributed by atoms with Crippen molar-refractivity contribution in [1.29, 1.82) is 0 Å². The number of ether oxygens (including phenoxy) is 3. The quantitative estimate of drug-likeness (QED) is 0.0195. The van der Waals surface area contributed by atoms with Crippen LogP contribution >= 0.6 is 0 Å². The highest BCUT2D eigenvalue weighted by atomic mass is 16.7. The first-order chi connectivity index (χ1) is 37.2. The second kappa shape index (κ2) is 54.6. The summed E-state index contributed by atoms with van der Waals surface area (Å²) in [6, 6.07) is -0.814. The van der Waals surface area contributed by atoms with E-state index >= 15 is 0 Å². The number of esters is 1. The zero-order valence-electron chi connectivity index (χ0n) is 49.0. The Kier molecular flexibility index (Phi) is 51.4. The van der Waals surface area contributed by atoms with Crippen molar-refractivity contribution >= 4 is 11.9 Å². The number of amides is 1. The van der Waals surface area contributed by atoms with Gasteiger partial charge in [-0.3, -0.25) is 9.59 Å². The lowest BCUT2D eigenvalue weighted by Crippen LogP contribution is -2.60. The van der Waals surface area contributed by atoms with Crippen LogP contribution in [0.2, 0.25) is 0 Å². The topological polar surface area (TPSA) is 175 Å². The smallest absolute Gasteiger partial charge is 0.305 e. The maximum Gasteiger partial charge on any atom is 0.305 e. The Balaban J connectivity index is 1.98. The van der Waals surface area contributed by atoms with Crippen LogP contribution in [0, 0.1) is 0 Å². The zero-order chi connectivity index (χ0) is 55.2. The first-order valence-electron chi connectivity index (χ1n) is 31.9. The molecular formula is C65H119NO10. The molecule has 0 radical (unpaired) electrons. The van der Waals surface area contributed by atoms with E-state index in [1.165, 1.54) is 180 Å². The van der Waals surface area contributed by atoms with Gasteiger partial charge in [-0.25, -0.2) is 0 Å². The summed E-state index contributed by atoms with van der Waals surface area (Å²) in [4.78, 5) is 25.1. The highest BCUT2D eigenvalue weighted by Crippen LogP contribution is 2.23. The van der Waals surface area contributed by atoms with Crippen LogP contribution in [0.5, 0.6) is 0 Å². The third-order valence-electron chi connectivity index (χ3n) is 14.9. The van der Waals surface area contributed by atoms with Gasteiger partial charge in [-0.05, 0) is 89.9 Å². The minimum absolute atomic E-state index is 0.0106. The highest BCUT2D eigenvalue weighted by molar-refractivity contribution is 5.76. The van der Waals surface area contributed by atoms with Gasteiger partial charge < -0.3 is 45.1 Å². The Morgan fingerprint density at radius 1 is 0.487 bits per heavy atom. The maximum atomic E-state index is 13.0. The van der Waals surface area contributed by atoms with Gasteiger partial charge in [0.25, 0.3) is 0 Å². The van der Waals surface area contributed by atoms with E-state index in [-0.39, 0.29) is 18.5 Å². The minimum atomic E-state index is -1.57. The number of hydrogen-bond acceptors (Lipinski definition) is 10. The molecule has 1 aliphatic rings. The molecule has 1 saturated heterocycles. The van der Waals surface area contributed by atoms with Gasteiger partial charge in [-0.15, -0.1) is 0 Å². The predicted molar refractivity (Wildman–Crippen MR) is 315 cm³/mol. The van der Waals surface area contributed by atoms with Gasteiger partial charge in [0.2, 0.25) is 5.91 Å². The van der Waals surface area contributed by atoms with Crippen molar-refractivity contribution in [2.45, 2.75) is 333 Å². The van der Waals surface area contributed by atoms with E-state index in [9.17, 15) is 35.1 Å². The summed E-state index contributed by atoms with van der Waals surface area (Å²) >= 11 is 0. The van der Waals surface area contributed by atoms with Gasteiger partial charge in [0.05, 0.1) is 32.0 Å². The lowest BCUT2D eigenvalue weighted by molar-refractivity contribution is -0.302. The van der Waals surface area contributed by atoms with Gasteiger partial charge >= 0.3 is 5.97 Å². The number of carbonyl (C=O) groups is 2. The van der Waals surface area contributed by atoms with Crippen LogP contribution in [-0.2, 0) is 23.8 Å². The summed E-state index contributed by atoms with van der Waals surface area (Å²) in [5.74, 6) is -0.202. The molecule has 11 heteroatoms. The molecule has 76 heavy (non-hydrogen) atoms. The number of hydrogen-bond donors (Lipinski definition) is 6. The molecular weight excluding hydrogens is 955 g/mol. The Morgan fingerprint density at radius 2 is 0.882 bits per heavy atom. The summed E-state index contributed by atoms with van der Waals surface area (Å²) in [7, 11) is 0. The van der Waals surface area contributed by atoms with Crippen LogP contribution in [0.15, 0.2) is 48.6 Å². The van der Waals surface area contributed by atoms with E-state index in [1.807, 2.05) is 6.08 Å². The number of nitrogens with one attached hydrogen (secondary N) is 1. The fraction of sp³-hybridized carbons (Fsp3) is 0.846. The third-order valence-corrected chi connectivity index (χ3v) is 14.9. The number of unbranched alkanes of at least 4 members (excludes halogenated alkanes) is 35. The number of aliphatic hydroxyl groups excluding tert-OH is 5. The lowest BCUT2D eigenvalue weighted by atomic mass is 9.99. The van der Waals surface area contributed by atoms with E-state index < -0.39 is 49.5 Å². The fourth-order valence-corrected chi connectivity index (χ4v) is 9.81. The molecule has 0 aromatic carbocycles. The van der Waals surface area contributed by atoms with E-state index in [4.69, 9.17) is 14.2 Å². The van der Waals surface area contributed by atoms with Crippen LogP contribution < -0.4 is 5.32 Å². The summed E-state index contributed by atoms with van der Waals surface area (Å²) in [6.45, 7) is 4.28. The van der Waals surface area contributed by atoms with Crippen LogP contribution in [-0.4, -0.2) is 100 Å². The zero-order valence-corrected chi connectivity index (χ0v) is 49.0. The van der Waals surface area contributed by atoms with Gasteiger partial charge in [0, 0.05) is 12.8 Å². The highest BCUT2D eigenvalue weighted by Gasteiger charge is 2.44. The number of allylic oxidation sites excluding steroid dienone is 7. The summed E-state index contributed by atoms with van der Waals surface area (Å²) < 4.78 is 16.7. The molecule has 1 rings (SSSR count).